The highest BCUT2D eigenvalue weighted by molar-refractivity contribution is 7.10. The summed E-state index contributed by atoms with van der Waals surface area (Å²) in [6.45, 7) is 6.65. The van der Waals surface area contributed by atoms with Crippen molar-refractivity contribution in [1.82, 2.24) is 25.1 Å². The molecule has 9 heteroatoms. The van der Waals surface area contributed by atoms with Crippen molar-refractivity contribution < 1.29 is 0 Å². The van der Waals surface area contributed by atoms with Crippen molar-refractivity contribution in [3.63, 3.8) is 0 Å². The van der Waals surface area contributed by atoms with Crippen LogP contribution in [0.4, 0.5) is 5.69 Å². The second kappa shape index (κ2) is 11.3. The Balaban J connectivity index is 0.00000274. The monoisotopic (exact) mass is 514 g/mol. The van der Waals surface area contributed by atoms with Gasteiger partial charge in [-0.2, -0.15) is 0 Å². The summed E-state index contributed by atoms with van der Waals surface area (Å²) >= 11 is 8.05. The van der Waals surface area contributed by atoms with Gasteiger partial charge >= 0.3 is 0 Å². The van der Waals surface area contributed by atoms with E-state index in [0.29, 0.717) is 0 Å². The van der Waals surface area contributed by atoms with Crippen LogP contribution in [0.3, 0.4) is 0 Å². The van der Waals surface area contributed by atoms with E-state index in [2.05, 4.69) is 86.2 Å². The fourth-order valence-corrected chi connectivity index (χ4v) is 5.53. The number of aromatic nitrogens is 4. The highest BCUT2D eigenvalue weighted by Crippen LogP contribution is 2.33. The van der Waals surface area contributed by atoms with Crippen LogP contribution in [0.1, 0.15) is 27.9 Å². The Morgan fingerprint density at radius 1 is 1.00 bits per heavy atom. The highest BCUT2D eigenvalue weighted by Gasteiger charge is 2.31. The van der Waals surface area contributed by atoms with Crippen LogP contribution < -0.4 is 4.90 Å². The van der Waals surface area contributed by atoms with Gasteiger partial charge in [-0.05, 0) is 58.5 Å². The van der Waals surface area contributed by atoms with E-state index in [-0.39, 0.29) is 18.4 Å². The molecule has 1 unspecified atom stereocenters. The molecule has 0 radical (unpaired) electrons. The average molecular weight is 516 g/mol. The summed E-state index contributed by atoms with van der Waals surface area (Å²) in [6.07, 6.45) is 0.901. The van der Waals surface area contributed by atoms with E-state index < -0.39 is 0 Å². The van der Waals surface area contributed by atoms with E-state index in [1.807, 2.05) is 16.8 Å². The Morgan fingerprint density at radius 3 is 2.53 bits per heavy atom. The number of hydrogen-bond acceptors (Lipinski definition) is 6. The molecule has 1 saturated heterocycles. The number of hydrogen-bond donors (Lipinski definition) is 0. The standard InChI is InChI=1S/C25H27ClN6S.ClH/c1-19-9-10-21(26)18-22(19)30-13-15-31(16-14-30)24(23-8-5-17-33-23)25-27-28-29-32(25)12-11-20-6-3-2-4-7-20;/h2-10,17-18,24H,11-16H2,1H3;1H. The molecule has 0 spiro atoms. The molecular weight excluding hydrogens is 487 g/mol. The third-order valence-corrected chi connectivity index (χ3v) is 7.42. The molecule has 34 heavy (non-hydrogen) atoms. The minimum Gasteiger partial charge on any atom is -0.369 e. The third-order valence-electron chi connectivity index (χ3n) is 6.26. The maximum absolute atomic E-state index is 6.28. The zero-order valence-electron chi connectivity index (χ0n) is 19.0. The molecular formula is C25H28Cl2N6S. The molecule has 3 heterocycles. The number of nitrogens with zero attached hydrogens (tertiary/aromatic N) is 6. The van der Waals surface area contributed by atoms with Crippen LogP contribution in [-0.4, -0.2) is 51.3 Å². The molecule has 0 aliphatic carbocycles. The van der Waals surface area contributed by atoms with Gasteiger partial charge in [0.25, 0.3) is 0 Å². The lowest BCUT2D eigenvalue weighted by Gasteiger charge is -2.40. The summed E-state index contributed by atoms with van der Waals surface area (Å²) in [7, 11) is 0. The number of aryl methyl sites for hydroxylation is 3. The Labute approximate surface area is 215 Å². The Morgan fingerprint density at radius 2 is 1.79 bits per heavy atom. The maximum Gasteiger partial charge on any atom is 0.173 e. The summed E-state index contributed by atoms with van der Waals surface area (Å²) in [6, 6.07) is 21.0. The highest BCUT2D eigenvalue weighted by atomic mass is 35.5. The van der Waals surface area contributed by atoms with E-state index >= 15 is 0 Å². The molecule has 1 fully saturated rings. The Hall–Kier alpha value is -2.45. The van der Waals surface area contributed by atoms with E-state index in [0.717, 1.165) is 50.0 Å². The SMILES string of the molecule is Cc1ccc(Cl)cc1N1CCN(C(c2cccs2)c2nnnn2CCc2ccccc2)CC1.Cl. The zero-order chi connectivity index (χ0) is 22.6. The summed E-state index contributed by atoms with van der Waals surface area (Å²) in [4.78, 5) is 6.22. The second-order valence-corrected chi connectivity index (χ2v) is 9.78. The molecule has 0 amide bonds. The van der Waals surface area contributed by atoms with Crippen molar-refractivity contribution in [3.8, 4) is 0 Å². The topological polar surface area (TPSA) is 50.1 Å². The zero-order valence-corrected chi connectivity index (χ0v) is 21.4. The normalized spacial score (nSPS) is 15.2. The van der Waals surface area contributed by atoms with Gasteiger partial charge in [-0.15, -0.1) is 28.8 Å². The second-order valence-electron chi connectivity index (χ2n) is 8.37. The number of halogens is 2. The smallest absolute Gasteiger partial charge is 0.173 e. The van der Waals surface area contributed by atoms with Gasteiger partial charge in [0, 0.05) is 48.3 Å². The first-order valence-electron chi connectivity index (χ1n) is 11.3. The third kappa shape index (κ3) is 5.44. The molecule has 1 atom stereocenters. The van der Waals surface area contributed by atoms with Crippen LogP contribution in [0, 0.1) is 6.92 Å². The predicted octanol–water partition coefficient (Wildman–Crippen LogP) is 5.27. The van der Waals surface area contributed by atoms with E-state index in [1.54, 1.807) is 11.3 Å². The van der Waals surface area contributed by atoms with E-state index in [4.69, 9.17) is 11.6 Å². The van der Waals surface area contributed by atoms with Gasteiger partial charge in [-0.1, -0.05) is 54.1 Å². The number of anilines is 1. The number of tetrazole rings is 1. The van der Waals surface area contributed by atoms with Gasteiger partial charge < -0.3 is 4.90 Å². The Bertz CT molecular complexity index is 1170. The quantitative estimate of drug-likeness (QED) is 0.336. The van der Waals surface area contributed by atoms with Crippen molar-refractivity contribution >= 4 is 41.0 Å². The first kappa shape index (κ1) is 24.7. The van der Waals surface area contributed by atoms with Crippen LogP contribution in [0.15, 0.2) is 66.0 Å². The van der Waals surface area contributed by atoms with Gasteiger partial charge in [-0.3, -0.25) is 4.90 Å². The maximum atomic E-state index is 6.28. The van der Waals surface area contributed by atoms with Gasteiger partial charge in [-0.25, -0.2) is 4.68 Å². The number of benzene rings is 2. The lowest BCUT2D eigenvalue weighted by Crippen LogP contribution is -2.48. The van der Waals surface area contributed by atoms with Crippen molar-refractivity contribution in [2.24, 2.45) is 0 Å². The molecule has 4 aromatic rings. The molecule has 2 aromatic carbocycles. The van der Waals surface area contributed by atoms with Crippen LogP contribution in [0.5, 0.6) is 0 Å². The van der Waals surface area contributed by atoms with Gasteiger partial charge in [0.05, 0.1) is 0 Å². The lowest BCUT2D eigenvalue weighted by molar-refractivity contribution is 0.203. The lowest BCUT2D eigenvalue weighted by atomic mass is 10.1. The van der Waals surface area contributed by atoms with Crippen LogP contribution in [0.2, 0.25) is 5.02 Å². The fourth-order valence-electron chi connectivity index (χ4n) is 4.51. The summed E-state index contributed by atoms with van der Waals surface area (Å²) in [5.41, 5.74) is 3.77. The largest absolute Gasteiger partial charge is 0.369 e. The minimum absolute atomic E-state index is 0. The minimum atomic E-state index is 0. The Kier molecular flexibility index (Phi) is 8.21. The molecule has 5 rings (SSSR count). The van der Waals surface area contributed by atoms with Crippen LogP contribution in [0.25, 0.3) is 0 Å². The van der Waals surface area contributed by atoms with Crippen LogP contribution in [-0.2, 0) is 13.0 Å². The van der Waals surface area contributed by atoms with E-state index in [1.165, 1.54) is 21.7 Å². The number of thiophene rings is 1. The number of piperazine rings is 1. The first-order valence-corrected chi connectivity index (χ1v) is 12.5. The molecule has 0 bridgehead atoms. The summed E-state index contributed by atoms with van der Waals surface area (Å²) in [5, 5.41) is 15.8. The van der Waals surface area contributed by atoms with Gasteiger partial charge in [0.2, 0.25) is 0 Å². The van der Waals surface area contributed by atoms with Gasteiger partial charge in [0.1, 0.15) is 6.04 Å². The number of rotatable bonds is 7. The molecule has 1 aliphatic heterocycles. The molecule has 2 aromatic heterocycles. The summed E-state index contributed by atoms with van der Waals surface area (Å²) in [5.74, 6) is 0.917. The van der Waals surface area contributed by atoms with E-state index in [9.17, 15) is 0 Å². The molecule has 178 valence electrons. The van der Waals surface area contributed by atoms with Crippen molar-refractivity contribution in [2.45, 2.75) is 25.9 Å². The molecule has 6 nitrogen and oxygen atoms in total. The molecule has 0 saturated carbocycles. The van der Waals surface area contributed by atoms with Crippen LogP contribution >= 0.6 is 35.3 Å². The van der Waals surface area contributed by atoms with Gasteiger partial charge in [0.15, 0.2) is 5.82 Å². The molecule has 1 aliphatic rings. The predicted molar refractivity (Wildman–Crippen MR) is 141 cm³/mol. The van der Waals surface area contributed by atoms with Crippen molar-refractivity contribution in [3.05, 3.63) is 92.9 Å². The average Bonchev–Trinajstić information content (AvgIpc) is 3.54. The molecule has 0 N–H and O–H groups in total. The van der Waals surface area contributed by atoms with Crippen molar-refractivity contribution in [2.75, 3.05) is 31.1 Å². The first-order chi connectivity index (χ1) is 16.2. The summed E-state index contributed by atoms with van der Waals surface area (Å²) < 4.78 is 1.98. The van der Waals surface area contributed by atoms with Crippen molar-refractivity contribution in [1.29, 1.82) is 0 Å². The fraction of sp³-hybridized carbons (Fsp3) is 0.320.